The van der Waals surface area contributed by atoms with Gasteiger partial charge < -0.3 is 24.8 Å². The molecule has 2 aliphatic rings. The van der Waals surface area contributed by atoms with Crippen molar-refractivity contribution in [3.8, 4) is 11.1 Å². The fourth-order valence-corrected chi connectivity index (χ4v) is 14.1. The number of allylic oxidation sites excluding steroid dienone is 4. The first-order chi connectivity index (χ1) is 16.1. The summed E-state index contributed by atoms with van der Waals surface area (Å²) < 4.78 is 5.25. The second-order valence-corrected chi connectivity index (χ2v) is 20.5. The minimum absolute atomic E-state index is 0. The molecule has 0 N–H and O–H groups in total. The second-order valence-electron chi connectivity index (χ2n) is 13.6. The molecule has 2 aliphatic carbocycles. The van der Waals surface area contributed by atoms with Crippen LogP contribution in [-0.2, 0) is 38.5 Å². The minimum Gasteiger partial charge on any atom is -1.00 e. The van der Waals surface area contributed by atoms with Crippen molar-refractivity contribution in [1.29, 1.82) is 0 Å². The zero-order chi connectivity index (χ0) is 26.0. The van der Waals surface area contributed by atoms with Crippen molar-refractivity contribution in [2.75, 3.05) is 0 Å². The Morgan fingerprint density at radius 2 is 1.43 bits per heavy atom. The smallest absolute Gasteiger partial charge is 1.00 e. The topological polar surface area (TPSA) is 0 Å². The van der Waals surface area contributed by atoms with Crippen LogP contribution in [0.5, 0.6) is 0 Å². The number of hydrogen-bond donors (Lipinski definition) is 0. The van der Waals surface area contributed by atoms with Crippen LogP contribution in [0.25, 0.3) is 11.1 Å². The van der Waals surface area contributed by atoms with E-state index in [1.54, 1.807) is 23.2 Å². The van der Waals surface area contributed by atoms with E-state index in [-0.39, 0.29) is 35.6 Å². The Bertz CT molecular complexity index is 1290. The summed E-state index contributed by atoms with van der Waals surface area (Å²) in [5.41, 5.74) is 12.6. The quantitative estimate of drug-likeness (QED) is 0.425. The molecule has 0 aromatic heterocycles. The summed E-state index contributed by atoms with van der Waals surface area (Å²) in [5, 5.41) is 0. The maximum atomic E-state index is 2.65. The molecule has 4 rings (SSSR count). The van der Waals surface area contributed by atoms with Gasteiger partial charge in [-0.15, -0.1) is 0 Å². The van der Waals surface area contributed by atoms with Crippen LogP contribution in [-0.4, -0.2) is 3.21 Å². The van der Waals surface area contributed by atoms with Gasteiger partial charge in [0, 0.05) is 0 Å². The van der Waals surface area contributed by atoms with Gasteiger partial charge in [0.1, 0.15) is 0 Å². The van der Waals surface area contributed by atoms with E-state index < -0.39 is 21.3 Å². The van der Waals surface area contributed by atoms with Crippen LogP contribution >= 0.6 is 0 Å². The largest absolute Gasteiger partial charge is 1.00 e. The summed E-state index contributed by atoms with van der Waals surface area (Å²) in [6.45, 7) is 28.6. The molecule has 1 unspecified atom stereocenters. The maximum Gasteiger partial charge on any atom is -1.00 e. The van der Waals surface area contributed by atoms with Crippen LogP contribution in [0.15, 0.2) is 50.8 Å². The summed E-state index contributed by atoms with van der Waals surface area (Å²) in [6.07, 6.45) is 3.67. The Kier molecular flexibility index (Phi) is 10.00. The van der Waals surface area contributed by atoms with Gasteiger partial charge in [-0.2, -0.15) is 0 Å². The number of hydrogen-bond acceptors (Lipinski definition) is 0. The van der Waals surface area contributed by atoms with Crippen LogP contribution in [0.1, 0.15) is 105 Å². The van der Waals surface area contributed by atoms with Gasteiger partial charge >= 0.3 is 224 Å². The molecule has 3 heteroatoms. The van der Waals surface area contributed by atoms with E-state index in [1.807, 2.05) is 3.28 Å². The predicted molar refractivity (Wildman–Crippen MR) is 153 cm³/mol. The normalized spacial score (nSPS) is 16.4. The summed E-state index contributed by atoms with van der Waals surface area (Å²) in [7, 11) is 0. The molecule has 2 aromatic carbocycles. The first-order valence-electron chi connectivity index (χ1n) is 13.5. The van der Waals surface area contributed by atoms with Crippen molar-refractivity contribution < 1.29 is 46.1 Å². The molecular formula is C34H46Cl2Zr. The summed E-state index contributed by atoms with van der Waals surface area (Å²) in [5.74, 6) is 1.17. The van der Waals surface area contributed by atoms with Crippen molar-refractivity contribution in [3.63, 3.8) is 0 Å². The van der Waals surface area contributed by atoms with Crippen LogP contribution in [0.4, 0.5) is 0 Å². The fraction of sp³-hybridized carbons (Fsp3) is 0.500. The second kappa shape index (κ2) is 11.4. The third-order valence-electron chi connectivity index (χ3n) is 8.13. The molecule has 2 aromatic rings. The molecule has 0 nitrogen and oxygen atoms in total. The Labute approximate surface area is 247 Å². The predicted octanol–water partition coefficient (Wildman–Crippen LogP) is 2.82. The van der Waals surface area contributed by atoms with E-state index in [9.17, 15) is 0 Å². The molecule has 0 aliphatic heterocycles. The van der Waals surface area contributed by atoms with Gasteiger partial charge in [-0.3, -0.25) is 0 Å². The number of benzene rings is 2. The first kappa shape index (κ1) is 32.5. The van der Waals surface area contributed by atoms with Gasteiger partial charge in [0.25, 0.3) is 0 Å². The Balaban J connectivity index is 0.00000241. The molecule has 0 fully saturated rings. The maximum absolute atomic E-state index is 2.65. The molecule has 0 amide bonds. The molecule has 0 bridgehead atoms. The third kappa shape index (κ3) is 6.05. The van der Waals surface area contributed by atoms with Gasteiger partial charge in [0.15, 0.2) is 0 Å². The van der Waals surface area contributed by atoms with Crippen LogP contribution < -0.4 is 28.1 Å². The van der Waals surface area contributed by atoms with E-state index in [0.717, 1.165) is 6.42 Å². The summed E-state index contributed by atoms with van der Waals surface area (Å²) >= 11 is -2.26. The number of fused-ring (bicyclic) bond motifs is 3. The average molecular weight is 617 g/mol. The van der Waals surface area contributed by atoms with Gasteiger partial charge in [-0.25, -0.2) is 0 Å². The van der Waals surface area contributed by atoms with Crippen molar-refractivity contribution in [2.24, 2.45) is 11.8 Å². The van der Waals surface area contributed by atoms with E-state index >= 15 is 0 Å². The minimum atomic E-state index is -2.26. The van der Waals surface area contributed by atoms with E-state index in [4.69, 9.17) is 0 Å². The molecule has 0 saturated heterocycles. The van der Waals surface area contributed by atoms with Crippen LogP contribution in [0, 0.1) is 11.8 Å². The van der Waals surface area contributed by atoms with Gasteiger partial charge in [0.05, 0.1) is 0 Å². The molecule has 0 saturated carbocycles. The molecule has 0 heterocycles. The number of halogens is 2. The number of rotatable bonds is 3. The molecule has 1 atom stereocenters. The molecular weight excluding hydrogens is 571 g/mol. The van der Waals surface area contributed by atoms with Gasteiger partial charge in [0.2, 0.25) is 0 Å². The molecule has 37 heavy (non-hydrogen) atoms. The van der Waals surface area contributed by atoms with Gasteiger partial charge in [-0.1, -0.05) is 0 Å². The SMILES string of the molecule is CC1=[C]([Zr+2](=[C](C)C)[c]2cc(C(C)(C)C)cc3c2Cc2ccc(C(C)(C)C)cc2-3)C(C)C=C1C(C)C.[Cl-].[Cl-]. The van der Waals surface area contributed by atoms with Crippen molar-refractivity contribution >= 4 is 6.48 Å². The van der Waals surface area contributed by atoms with Crippen LogP contribution in [0.2, 0.25) is 0 Å². The van der Waals surface area contributed by atoms with Crippen molar-refractivity contribution in [2.45, 2.75) is 100 Å². The Morgan fingerprint density at radius 1 is 0.865 bits per heavy atom. The third-order valence-corrected chi connectivity index (χ3v) is 16.4. The first-order valence-corrected chi connectivity index (χ1v) is 17.2. The van der Waals surface area contributed by atoms with Gasteiger partial charge in [-0.05, 0) is 0 Å². The average Bonchev–Trinajstić information content (AvgIpc) is 3.24. The van der Waals surface area contributed by atoms with Crippen molar-refractivity contribution in [1.82, 2.24) is 0 Å². The summed E-state index contributed by atoms with van der Waals surface area (Å²) in [4.78, 5) is 0. The molecule has 0 radical (unpaired) electrons. The monoisotopic (exact) mass is 614 g/mol. The zero-order valence-corrected chi connectivity index (χ0v) is 29.1. The Hall–Kier alpha value is -0.747. The van der Waals surface area contributed by atoms with Crippen LogP contribution in [0.3, 0.4) is 0 Å². The summed E-state index contributed by atoms with van der Waals surface area (Å²) in [6, 6.07) is 12.5. The molecule has 200 valence electrons. The Morgan fingerprint density at radius 3 is 1.92 bits per heavy atom. The standard InChI is InChI=1S/C21H25.C10H15.C3H6.2ClH.Zr/c1-20(2,3)16-9-7-14-11-15-8-10-17(21(4,5)6)13-19(15)18(14)12-16;1-7(2)10-6-8(3)5-9(10)4;1-3-2;;;/h7,9-10,12-13H,11H2,1-6H3;6-8H,1-4H3;1-2H3;2*1H;/q;;;;;+2/p-2. The van der Waals surface area contributed by atoms with E-state index in [2.05, 4.69) is 119 Å². The van der Waals surface area contributed by atoms with Crippen molar-refractivity contribution in [3.05, 3.63) is 73.1 Å². The van der Waals surface area contributed by atoms with E-state index in [1.165, 1.54) is 27.8 Å². The molecule has 0 spiro atoms. The fourth-order valence-electron chi connectivity index (χ4n) is 6.10. The van der Waals surface area contributed by atoms with E-state index in [0.29, 0.717) is 11.8 Å². The zero-order valence-electron chi connectivity index (χ0n) is 25.1.